The number of nitrogens with zero attached hydrogens (tertiary/aromatic N) is 3. The van der Waals surface area contributed by atoms with Crippen molar-refractivity contribution in [2.45, 2.75) is 13.1 Å². The molecule has 0 aliphatic heterocycles. The number of ether oxygens (including phenoxy) is 1. The number of benzene rings is 1. The number of aryl methyl sites for hydroxylation is 2. The highest BCUT2D eigenvalue weighted by Gasteiger charge is 2.32. The van der Waals surface area contributed by atoms with Crippen LogP contribution in [-0.2, 0) is 13.2 Å². The van der Waals surface area contributed by atoms with Crippen LogP contribution < -0.4 is 4.74 Å². The maximum Gasteiger partial charge on any atom is 0.416 e. The predicted octanol–water partition coefficient (Wildman–Crippen LogP) is 4.44. The quantitative estimate of drug-likeness (QED) is 0.671. The van der Waals surface area contributed by atoms with Crippen LogP contribution in [0.15, 0.2) is 22.7 Å². The van der Waals surface area contributed by atoms with Gasteiger partial charge >= 0.3 is 6.18 Å². The average molecular weight is 416 g/mol. The summed E-state index contributed by atoms with van der Waals surface area (Å²) in [6.45, 7) is 1.49. The molecule has 5 nitrogen and oxygen atoms in total. The summed E-state index contributed by atoms with van der Waals surface area (Å²) in [5.41, 5.74) is 0.575. The molecule has 132 valence electrons. The van der Waals surface area contributed by atoms with Gasteiger partial charge in [0.25, 0.3) is 0 Å². The number of aromatic nitrogens is 3. The summed E-state index contributed by atoms with van der Waals surface area (Å²) in [5.74, 6) is 0.161. The number of hydrogen-bond acceptors (Lipinski definition) is 4. The molecule has 1 N–H and O–H groups in total. The molecule has 0 unspecified atom stereocenters. The van der Waals surface area contributed by atoms with Gasteiger partial charge in [0.1, 0.15) is 11.6 Å². The maximum atomic E-state index is 12.9. The highest BCUT2D eigenvalue weighted by atomic mass is 79.9. The Morgan fingerprint density at radius 2 is 1.88 bits per heavy atom. The summed E-state index contributed by atoms with van der Waals surface area (Å²) in [7, 11) is 3.16. The van der Waals surface area contributed by atoms with Crippen LogP contribution in [0.2, 0.25) is 0 Å². The van der Waals surface area contributed by atoms with Gasteiger partial charge in [-0.1, -0.05) is 0 Å². The van der Waals surface area contributed by atoms with E-state index >= 15 is 0 Å². The maximum absolute atomic E-state index is 12.9. The zero-order chi connectivity index (χ0) is 18.5. The lowest BCUT2D eigenvalue weighted by Gasteiger charge is -2.13. The molecule has 2 aromatic heterocycles. The van der Waals surface area contributed by atoms with Gasteiger partial charge in [-0.15, -0.1) is 0 Å². The van der Waals surface area contributed by atoms with Crippen molar-refractivity contribution < 1.29 is 23.0 Å². The second-order valence-corrected chi connectivity index (χ2v) is 6.36. The van der Waals surface area contributed by atoms with Gasteiger partial charge in [0.2, 0.25) is 5.88 Å². The molecule has 0 saturated carbocycles. The van der Waals surface area contributed by atoms with E-state index in [2.05, 4.69) is 25.9 Å². The van der Waals surface area contributed by atoms with Crippen LogP contribution in [0.5, 0.6) is 11.6 Å². The molecule has 0 radical (unpaired) electrons. The fourth-order valence-corrected chi connectivity index (χ4v) is 3.13. The minimum Gasteiger partial charge on any atom is -0.507 e. The van der Waals surface area contributed by atoms with E-state index in [4.69, 9.17) is 4.74 Å². The van der Waals surface area contributed by atoms with Crippen molar-refractivity contribution >= 4 is 27.1 Å². The first-order valence-corrected chi connectivity index (χ1v) is 7.91. The third-order valence-corrected chi connectivity index (χ3v) is 4.42. The fourth-order valence-electron chi connectivity index (χ4n) is 2.66. The van der Waals surface area contributed by atoms with E-state index in [-0.39, 0.29) is 11.1 Å². The molecule has 0 aliphatic carbocycles. The van der Waals surface area contributed by atoms with E-state index in [1.54, 1.807) is 17.7 Å². The zero-order valence-electron chi connectivity index (χ0n) is 13.4. The Labute approximate surface area is 149 Å². The Bertz CT molecular complexity index is 960. The number of imidazole rings is 1. The van der Waals surface area contributed by atoms with Gasteiger partial charge in [-0.05, 0) is 46.6 Å². The first-order chi connectivity index (χ1) is 11.6. The Kier molecular flexibility index (Phi) is 4.14. The summed E-state index contributed by atoms with van der Waals surface area (Å²) in [4.78, 5) is 8.61. The zero-order valence-corrected chi connectivity index (χ0v) is 15.0. The van der Waals surface area contributed by atoms with Crippen molar-refractivity contribution in [3.05, 3.63) is 33.8 Å². The van der Waals surface area contributed by atoms with Crippen LogP contribution in [0.4, 0.5) is 13.2 Å². The molecule has 0 amide bonds. The molecule has 2 heterocycles. The lowest BCUT2D eigenvalue weighted by molar-refractivity contribution is -0.137. The van der Waals surface area contributed by atoms with Gasteiger partial charge in [-0.25, -0.2) is 4.98 Å². The summed E-state index contributed by atoms with van der Waals surface area (Å²) >= 11 is 3.33. The molecule has 0 spiro atoms. The lowest BCUT2D eigenvalue weighted by Crippen LogP contribution is -2.06. The number of methoxy groups -OCH3 is 1. The van der Waals surface area contributed by atoms with Crippen LogP contribution in [0.25, 0.3) is 22.6 Å². The fraction of sp³-hybridized carbons (Fsp3) is 0.250. The normalized spacial score (nSPS) is 12.0. The number of rotatable bonds is 2. The number of phenolic OH excluding ortho intramolecular Hbond substituents is 1. The molecule has 0 atom stereocenters. The highest BCUT2D eigenvalue weighted by molar-refractivity contribution is 9.10. The molecule has 9 heteroatoms. The molecular formula is C16H13BrF3N3O2. The third kappa shape index (κ3) is 2.92. The number of aromatic hydroxyl groups is 1. The number of phenols is 1. The average Bonchev–Trinajstić information content (AvgIpc) is 2.81. The molecule has 3 rings (SSSR count). The number of alkyl halides is 3. The highest BCUT2D eigenvalue weighted by Crippen LogP contribution is 2.39. The molecule has 1 aromatic carbocycles. The third-order valence-electron chi connectivity index (χ3n) is 3.85. The lowest BCUT2D eigenvalue weighted by atomic mass is 10.0. The Morgan fingerprint density at radius 3 is 2.44 bits per heavy atom. The number of fused-ring (bicyclic) bond motifs is 1. The second kappa shape index (κ2) is 5.91. The Balaban J connectivity index is 2.25. The largest absolute Gasteiger partial charge is 0.507 e. The monoisotopic (exact) mass is 415 g/mol. The summed E-state index contributed by atoms with van der Waals surface area (Å²) in [6.07, 6.45) is -4.53. The van der Waals surface area contributed by atoms with Gasteiger partial charge in [0.15, 0.2) is 5.65 Å². The van der Waals surface area contributed by atoms with Gasteiger partial charge in [0.05, 0.1) is 28.2 Å². The van der Waals surface area contributed by atoms with Crippen LogP contribution in [-0.4, -0.2) is 26.8 Å². The minimum atomic E-state index is -4.53. The van der Waals surface area contributed by atoms with Crippen LogP contribution in [0.3, 0.4) is 0 Å². The smallest absolute Gasteiger partial charge is 0.416 e. The first kappa shape index (κ1) is 17.5. The van der Waals surface area contributed by atoms with E-state index in [1.807, 2.05) is 0 Å². The molecule has 0 fully saturated rings. The molecular weight excluding hydrogens is 403 g/mol. The molecule has 3 aromatic rings. The Morgan fingerprint density at radius 1 is 1.20 bits per heavy atom. The van der Waals surface area contributed by atoms with Gasteiger partial charge in [-0.3, -0.25) is 0 Å². The van der Waals surface area contributed by atoms with Crippen molar-refractivity contribution in [3.63, 3.8) is 0 Å². The molecule has 0 aliphatic rings. The van der Waals surface area contributed by atoms with Crippen LogP contribution >= 0.6 is 15.9 Å². The summed E-state index contributed by atoms with van der Waals surface area (Å²) < 4.78 is 46.1. The molecule has 0 bridgehead atoms. The summed E-state index contributed by atoms with van der Waals surface area (Å²) in [5, 5.41) is 10.2. The van der Waals surface area contributed by atoms with E-state index in [0.29, 0.717) is 33.4 Å². The van der Waals surface area contributed by atoms with Gasteiger partial charge in [0, 0.05) is 7.05 Å². The number of pyridine rings is 1. The van der Waals surface area contributed by atoms with E-state index < -0.39 is 17.5 Å². The van der Waals surface area contributed by atoms with Crippen LogP contribution in [0.1, 0.15) is 11.1 Å². The van der Waals surface area contributed by atoms with Crippen LogP contribution in [0, 0.1) is 6.92 Å². The van der Waals surface area contributed by atoms with Crippen molar-refractivity contribution in [1.29, 1.82) is 0 Å². The van der Waals surface area contributed by atoms with Crippen molar-refractivity contribution in [1.82, 2.24) is 14.5 Å². The van der Waals surface area contributed by atoms with Gasteiger partial charge in [-0.2, -0.15) is 18.2 Å². The van der Waals surface area contributed by atoms with E-state index in [9.17, 15) is 18.3 Å². The predicted molar refractivity (Wildman–Crippen MR) is 89.6 cm³/mol. The topological polar surface area (TPSA) is 60.2 Å². The van der Waals surface area contributed by atoms with Crippen molar-refractivity contribution in [2.24, 2.45) is 7.05 Å². The Hall–Kier alpha value is -2.29. The second-order valence-electron chi connectivity index (χ2n) is 5.50. The minimum absolute atomic E-state index is 0.226. The van der Waals surface area contributed by atoms with Gasteiger partial charge < -0.3 is 14.4 Å². The first-order valence-electron chi connectivity index (χ1n) is 7.11. The van der Waals surface area contributed by atoms with E-state index in [0.717, 1.165) is 6.07 Å². The number of hydrogen-bond donors (Lipinski definition) is 1. The number of halogens is 4. The molecule has 0 saturated heterocycles. The van der Waals surface area contributed by atoms with Crippen molar-refractivity contribution in [3.8, 4) is 23.0 Å². The molecule has 25 heavy (non-hydrogen) atoms. The SMILES string of the molecule is COc1nc2nc(-c3c(C)cc(C(F)(F)F)cc3O)n(C)c2cc1Br. The summed E-state index contributed by atoms with van der Waals surface area (Å²) in [6, 6.07) is 3.43. The van der Waals surface area contributed by atoms with E-state index in [1.165, 1.54) is 14.0 Å². The standard InChI is InChI=1S/C16H13BrF3N3O2/c1-7-4-8(16(18,19)20)5-11(24)12(7)14-21-13-10(23(14)2)6-9(17)15(22-13)25-3/h4-6,24H,1-3H3. The van der Waals surface area contributed by atoms with Crippen molar-refractivity contribution in [2.75, 3.05) is 7.11 Å².